The molecule has 0 amide bonds. The number of rotatable bonds is 3. The quantitative estimate of drug-likeness (QED) is 0.774. The van der Waals surface area contributed by atoms with E-state index < -0.39 is 18.2 Å². The summed E-state index contributed by atoms with van der Waals surface area (Å²) in [6.45, 7) is 0. The van der Waals surface area contributed by atoms with Crippen molar-refractivity contribution in [2.75, 3.05) is 0 Å². The highest BCUT2D eigenvalue weighted by Gasteiger charge is 2.47. The molecule has 7 heteroatoms. The Bertz CT molecular complexity index is 331. The fourth-order valence-electron chi connectivity index (χ4n) is 1.06. The van der Waals surface area contributed by atoms with Gasteiger partial charge in [0.05, 0.1) is 0 Å². The molecule has 1 aromatic heterocycles. The molecule has 0 aromatic carbocycles. The molecule has 1 N–H and O–H groups in total. The van der Waals surface area contributed by atoms with Crippen LogP contribution >= 0.6 is 0 Å². The van der Waals surface area contributed by atoms with Gasteiger partial charge in [-0.1, -0.05) is 0 Å². The normalized spacial score (nSPS) is 17.8. The first kappa shape index (κ1) is 9.42. The second-order valence-electron chi connectivity index (χ2n) is 3.24. The highest BCUT2D eigenvalue weighted by atomic mass is 19.3. The van der Waals surface area contributed by atoms with Crippen LogP contribution in [0.15, 0.2) is 0 Å². The number of alkyl halides is 4. The summed E-state index contributed by atoms with van der Waals surface area (Å²) < 4.78 is 49.1. The fourth-order valence-corrected chi connectivity index (χ4v) is 1.06. The van der Waals surface area contributed by atoms with Gasteiger partial charge in [-0.05, 0) is 12.8 Å². The first-order chi connectivity index (χ1) is 6.51. The van der Waals surface area contributed by atoms with E-state index in [9.17, 15) is 17.6 Å². The number of hydrogen-bond donors (Lipinski definition) is 1. The SMILES string of the molecule is FC(F)C(F)(F)c1n[nH]c(C2CC2)n1. The van der Waals surface area contributed by atoms with Crippen molar-refractivity contribution in [1.29, 1.82) is 0 Å². The minimum atomic E-state index is -4.26. The molecule has 1 heterocycles. The third-order valence-corrected chi connectivity index (χ3v) is 2.04. The Hall–Kier alpha value is -1.14. The van der Waals surface area contributed by atoms with Gasteiger partial charge in [0.1, 0.15) is 5.82 Å². The first-order valence-corrected chi connectivity index (χ1v) is 4.10. The Morgan fingerprint density at radius 1 is 1.36 bits per heavy atom. The highest BCUT2D eigenvalue weighted by molar-refractivity contribution is 5.07. The van der Waals surface area contributed by atoms with Crippen LogP contribution in [0, 0.1) is 0 Å². The summed E-state index contributed by atoms with van der Waals surface area (Å²) in [5.74, 6) is -5.01. The maximum Gasteiger partial charge on any atom is 0.367 e. The van der Waals surface area contributed by atoms with Gasteiger partial charge in [0, 0.05) is 5.92 Å². The maximum absolute atomic E-state index is 12.7. The molecule has 78 valence electrons. The van der Waals surface area contributed by atoms with Crippen LogP contribution in [0.5, 0.6) is 0 Å². The molecule has 1 saturated carbocycles. The number of aromatic amines is 1. The van der Waals surface area contributed by atoms with Crippen molar-refractivity contribution in [3.05, 3.63) is 11.6 Å². The van der Waals surface area contributed by atoms with Crippen molar-refractivity contribution in [3.63, 3.8) is 0 Å². The number of nitrogens with zero attached hydrogens (tertiary/aromatic N) is 2. The smallest absolute Gasteiger partial charge is 0.263 e. The van der Waals surface area contributed by atoms with Crippen molar-refractivity contribution in [2.45, 2.75) is 31.1 Å². The number of nitrogens with one attached hydrogen (secondary N) is 1. The van der Waals surface area contributed by atoms with E-state index in [4.69, 9.17) is 0 Å². The molecule has 0 saturated heterocycles. The van der Waals surface area contributed by atoms with Gasteiger partial charge in [-0.3, -0.25) is 5.10 Å². The number of aromatic nitrogens is 3. The van der Waals surface area contributed by atoms with Gasteiger partial charge < -0.3 is 0 Å². The van der Waals surface area contributed by atoms with E-state index in [0.717, 1.165) is 12.8 Å². The first-order valence-electron chi connectivity index (χ1n) is 4.10. The lowest BCUT2D eigenvalue weighted by molar-refractivity contribution is -0.140. The number of H-pyrrole nitrogens is 1. The van der Waals surface area contributed by atoms with Gasteiger partial charge in [-0.2, -0.15) is 13.9 Å². The minimum absolute atomic E-state index is 0.0877. The van der Waals surface area contributed by atoms with Crippen LogP contribution in [0.1, 0.15) is 30.4 Å². The summed E-state index contributed by atoms with van der Waals surface area (Å²) in [5, 5.41) is 5.36. The molecule has 0 bridgehead atoms. The average molecular weight is 209 g/mol. The molecule has 1 fully saturated rings. The lowest BCUT2D eigenvalue weighted by Crippen LogP contribution is -2.25. The van der Waals surface area contributed by atoms with Crippen molar-refractivity contribution in [3.8, 4) is 0 Å². The Balaban J connectivity index is 2.22. The molecule has 0 unspecified atom stereocenters. The van der Waals surface area contributed by atoms with Crippen molar-refractivity contribution in [1.82, 2.24) is 15.2 Å². The summed E-state index contributed by atoms with van der Waals surface area (Å²) in [7, 11) is 0. The van der Waals surface area contributed by atoms with Crippen molar-refractivity contribution < 1.29 is 17.6 Å². The highest BCUT2D eigenvalue weighted by Crippen LogP contribution is 2.39. The molecular formula is C7H7F4N3. The van der Waals surface area contributed by atoms with Crippen LogP contribution in [0.25, 0.3) is 0 Å². The lowest BCUT2D eigenvalue weighted by Gasteiger charge is -2.09. The fraction of sp³-hybridized carbons (Fsp3) is 0.714. The zero-order valence-electron chi connectivity index (χ0n) is 6.98. The summed E-state index contributed by atoms with van der Waals surface area (Å²) in [5.41, 5.74) is 0. The van der Waals surface area contributed by atoms with E-state index in [1.807, 2.05) is 0 Å². The molecular weight excluding hydrogens is 202 g/mol. The topological polar surface area (TPSA) is 41.6 Å². The second kappa shape index (κ2) is 2.93. The van der Waals surface area contributed by atoms with Gasteiger partial charge >= 0.3 is 12.3 Å². The number of halogens is 4. The Labute approximate surface area is 76.5 Å². The zero-order valence-corrected chi connectivity index (χ0v) is 6.98. The van der Waals surface area contributed by atoms with Crippen LogP contribution in [0.3, 0.4) is 0 Å². The third-order valence-electron chi connectivity index (χ3n) is 2.04. The molecule has 2 rings (SSSR count). The average Bonchev–Trinajstić information content (AvgIpc) is 2.83. The van der Waals surface area contributed by atoms with E-state index in [1.54, 1.807) is 0 Å². The van der Waals surface area contributed by atoms with Gasteiger partial charge in [0.15, 0.2) is 0 Å². The van der Waals surface area contributed by atoms with Crippen LogP contribution in [-0.4, -0.2) is 21.6 Å². The van der Waals surface area contributed by atoms with Crippen molar-refractivity contribution >= 4 is 0 Å². The predicted molar refractivity (Wildman–Crippen MR) is 38.3 cm³/mol. The summed E-state index contributed by atoms with van der Waals surface area (Å²) in [6.07, 6.45) is -2.09. The standard InChI is InChI=1S/C7H7F4N3/c8-5(9)7(10,11)6-12-4(13-14-6)3-1-2-3/h3,5H,1-2H2,(H,12,13,14). The molecule has 1 aliphatic carbocycles. The molecule has 14 heavy (non-hydrogen) atoms. The summed E-state index contributed by atoms with van der Waals surface area (Å²) in [4.78, 5) is 3.37. The van der Waals surface area contributed by atoms with E-state index >= 15 is 0 Å². The van der Waals surface area contributed by atoms with Gasteiger partial charge in [0.2, 0.25) is 5.82 Å². The Morgan fingerprint density at radius 3 is 2.50 bits per heavy atom. The predicted octanol–water partition coefficient (Wildman–Crippen LogP) is 2.04. The van der Waals surface area contributed by atoms with Crippen LogP contribution < -0.4 is 0 Å². The van der Waals surface area contributed by atoms with Crippen LogP contribution in [0.4, 0.5) is 17.6 Å². The molecule has 0 radical (unpaired) electrons. The second-order valence-corrected chi connectivity index (χ2v) is 3.24. The Morgan fingerprint density at radius 2 is 2.00 bits per heavy atom. The zero-order chi connectivity index (χ0) is 10.3. The third kappa shape index (κ3) is 1.46. The molecule has 1 aliphatic rings. The number of hydrogen-bond acceptors (Lipinski definition) is 2. The van der Waals surface area contributed by atoms with E-state index in [1.165, 1.54) is 0 Å². The minimum Gasteiger partial charge on any atom is -0.263 e. The molecule has 0 atom stereocenters. The van der Waals surface area contributed by atoms with E-state index in [0.29, 0.717) is 0 Å². The molecule has 0 spiro atoms. The van der Waals surface area contributed by atoms with Gasteiger partial charge in [0.25, 0.3) is 0 Å². The van der Waals surface area contributed by atoms with Crippen LogP contribution in [-0.2, 0) is 5.92 Å². The largest absolute Gasteiger partial charge is 0.367 e. The molecule has 1 aromatic rings. The van der Waals surface area contributed by atoms with E-state index in [2.05, 4.69) is 15.2 Å². The van der Waals surface area contributed by atoms with Gasteiger partial charge in [-0.15, -0.1) is 0 Å². The molecule has 0 aliphatic heterocycles. The van der Waals surface area contributed by atoms with Gasteiger partial charge in [-0.25, -0.2) is 13.8 Å². The molecule has 3 nitrogen and oxygen atoms in total. The maximum atomic E-state index is 12.7. The van der Waals surface area contributed by atoms with Crippen molar-refractivity contribution in [2.24, 2.45) is 0 Å². The van der Waals surface area contributed by atoms with Crippen LogP contribution in [0.2, 0.25) is 0 Å². The summed E-state index contributed by atoms with van der Waals surface area (Å²) >= 11 is 0. The van der Waals surface area contributed by atoms with E-state index in [-0.39, 0.29) is 11.7 Å². The monoisotopic (exact) mass is 209 g/mol. The Kier molecular flexibility index (Phi) is 1.97. The lowest BCUT2D eigenvalue weighted by atomic mass is 10.3. The summed E-state index contributed by atoms with van der Waals surface area (Å²) in [6, 6.07) is 0.